The third kappa shape index (κ3) is 4.16. The van der Waals surface area contributed by atoms with Crippen LogP contribution in [-0.2, 0) is 13.0 Å². The number of hydrogen-bond acceptors (Lipinski definition) is 1. The van der Waals surface area contributed by atoms with Gasteiger partial charge in [-0.25, -0.2) is 0 Å². The lowest BCUT2D eigenvalue weighted by Crippen LogP contribution is -2.27. The first kappa shape index (κ1) is 12.6. The van der Waals surface area contributed by atoms with E-state index in [1.54, 1.807) is 0 Å². The van der Waals surface area contributed by atoms with Crippen molar-refractivity contribution >= 4 is 0 Å². The summed E-state index contributed by atoms with van der Waals surface area (Å²) >= 11 is 0. The van der Waals surface area contributed by atoms with E-state index in [0.717, 1.165) is 19.0 Å². The fraction of sp³-hybridized carbons (Fsp3) is 0.625. The zero-order chi connectivity index (χ0) is 11.9. The molecule has 0 radical (unpaired) electrons. The number of benzene rings is 1. The summed E-state index contributed by atoms with van der Waals surface area (Å²) in [6.07, 6.45) is 9.56. The van der Waals surface area contributed by atoms with Crippen molar-refractivity contribution in [3.63, 3.8) is 0 Å². The molecule has 0 heterocycles. The summed E-state index contributed by atoms with van der Waals surface area (Å²) < 4.78 is 0. The molecule has 0 amide bonds. The van der Waals surface area contributed by atoms with Crippen LogP contribution in [0.2, 0.25) is 0 Å². The van der Waals surface area contributed by atoms with Gasteiger partial charge in [-0.3, -0.25) is 0 Å². The van der Waals surface area contributed by atoms with Crippen LogP contribution < -0.4 is 5.32 Å². The van der Waals surface area contributed by atoms with E-state index < -0.39 is 0 Å². The molecule has 1 saturated carbocycles. The highest BCUT2D eigenvalue weighted by Crippen LogP contribution is 2.17. The molecule has 1 aliphatic carbocycles. The van der Waals surface area contributed by atoms with Crippen molar-refractivity contribution in [3.05, 3.63) is 35.4 Å². The molecule has 0 spiro atoms. The lowest BCUT2D eigenvalue weighted by molar-refractivity contribution is 0.459. The van der Waals surface area contributed by atoms with E-state index >= 15 is 0 Å². The molecular formula is C16H25N. The second kappa shape index (κ2) is 6.80. The van der Waals surface area contributed by atoms with Gasteiger partial charge in [0.1, 0.15) is 0 Å². The number of nitrogens with one attached hydrogen (secondary N) is 1. The summed E-state index contributed by atoms with van der Waals surface area (Å²) in [5.74, 6) is 0. The topological polar surface area (TPSA) is 12.0 Å². The first-order chi connectivity index (χ1) is 8.38. The summed E-state index contributed by atoms with van der Waals surface area (Å²) in [6, 6.07) is 9.79. The molecule has 94 valence electrons. The Labute approximate surface area is 106 Å². The molecule has 0 aliphatic heterocycles. The molecule has 1 N–H and O–H groups in total. The second-order valence-electron chi connectivity index (χ2n) is 5.24. The predicted octanol–water partition coefficient (Wildman–Crippen LogP) is 4.06. The molecule has 1 fully saturated rings. The van der Waals surface area contributed by atoms with Crippen molar-refractivity contribution < 1.29 is 0 Å². The van der Waals surface area contributed by atoms with Crippen LogP contribution in [0.1, 0.15) is 56.6 Å². The molecule has 1 heteroatoms. The highest BCUT2D eigenvalue weighted by molar-refractivity contribution is 5.22. The molecule has 1 aromatic carbocycles. The van der Waals surface area contributed by atoms with Crippen LogP contribution in [0, 0.1) is 0 Å². The summed E-state index contributed by atoms with van der Waals surface area (Å²) in [7, 11) is 0. The van der Waals surface area contributed by atoms with E-state index in [-0.39, 0.29) is 0 Å². The van der Waals surface area contributed by atoms with Crippen molar-refractivity contribution in [2.24, 2.45) is 0 Å². The average Bonchev–Trinajstić information content (AvgIpc) is 2.65. The van der Waals surface area contributed by atoms with Crippen molar-refractivity contribution in [3.8, 4) is 0 Å². The quantitative estimate of drug-likeness (QED) is 0.770. The summed E-state index contributed by atoms with van der Waals surface area (Å²) in [6.45, 7) is 3.24. The maximum absolute atomic E-state index is 3.72. The van der Waals surface area contributed by atoms with Gasteiger partial charge in [0.25, 0.3) is 0 Å². The molecule has 1 nitrogen and oxygen atoms in total. The average molecular weight is 231 g/mol. The van der Waals surface area contributed by atoms with E-state index in [1.807, 2.05) is 0 Å². The van der Waals surface area contributed by atoms with Crippen LogP contribution in [-0.4, -0.2) is 6.04 Å². The highest BCUT2D eigenvalue weighted by Gasteiger charge is 2.10. The Morgan fingerprint density at radius 1 is 0.941 bits per heavy atom. The molecule has 2 rings (SSSR count). The van der Waals surface area contributed by atoms with Crippen LogP contribution in [0.15, 0.2) is 24.3 Å². The first-order valence-electron chi connectivity index (χ1n) is 7.19. The van der Waals surface area contributed by atoms with Crippen molar-refractivity contribution in [2.75, 3.05) is 0 Å². The second-order valence-corrected chi connectivity index (χ2v) is 5.24. The van der Waals surface area contributed by atoms with E-state index in [1.165, 1.54) is 49.7 Å². The Morgan fingerprint density at radius 2 is 1.53 bits per heavy atom. The highest BCUT2D eigenvalue weighted by atomic mass is 14.9. The van der Waals surface area contributed by atoms with Gasteiger partial charge in [0.05, 0.1) is 0 Å². The SMILES string of the molecule is CCc1ccc(CNC2CCCCCC2)cc1. The van der Waals surface area contributed by atoms with E-state index in [2.05, 4.69) is 36.5 Å². The Kier molecular flexibility index (Phi) is 5.06. The molecule has 0 atom stereocenters. The third-order valence-electron chi connectivity index (χ3n) is 3.88. The molecular weight excluding hydrogens is 206 g/mol. The molecule has 0 bridgehead atoms. The molecule has 17 heavy (non-hydrogen) atoms. The number of aryl methyl sites for hydroxylation is 1. The van der Waals surface area contributed by atoms with Crippen LogP contribution in [0.3, 0.4) is 0 Å². The summed E-state index contributed by atoms with van der Waals surface area (Å²) in [4.78, 5) is 0. The lowest BCUT2D eigenvalue weighted by Gasteiger charge is -2.16. The van der Waals surface area contributed by atoms with Gasteiger partial charge in [-0.2, -0.15) is 0 Å². The zero-order valence-electron chi connectivity index (χ0n) is 11.0. The fourth-order valence-electron chi connectivity index (χ4n) is 2.64. The minimum Gasteiger partial charge on any atom is -0.310 e. The van der Waals surface area contributed by atoms with Crippen molar-refractivity contribution in [2.45, 2.75) is 64.5 Å². The smallest absolute Gasteiger partial charge is 0.0208 e. The van der Waals surface area contributed by atoms with Crippen molar-refractivity contribution in [1.82, 2.24) is 5.32 Å². The Hall–Kier alpha value is -0.820. The largest absolute Gasteiger partial charge is 0.310 e. The van der Waals surface area contributed by atoms with Gasteiger partial charge in [-0.1, -0.05) is 56.9 Å². The Morgan fingerprint density at radius 3 is 2.12 bits per heavy atom. The summed E-state index contributed by atoms with van der Waals surface area (Å²) in [5.41, 5.74) is 2.86. The molecule has 0 aromatic heterocycles. The van der Waals surface area contributed by atoms with Gasteiger partial charge in [-0.15, -0.1) is 0 Å². The number of rotatable bonds is 4. The summed E-state index contributed by atoms with van der Waals surface area (Å²) in [5, 5.41) is 3.72. The Bertz CT molecular complexity index is 307. The predicted molar refractivity (Wildman–Crippen MR) is 74.1 cm³/mol. The van der Waals surface area contributed by atoms with Crippen molar-refractivity contribution in [1.29, 1.82) is 0 Å². The fourth-order valence-corrected chi connectivity index (χ4v) is 2.64. The first-order valence-corrected chi connectivity index (χ1v) is 7.19. The van der Waals surface area contributed by atoms with Crippen LogP contribution in [0.25, 0.3) is 0 Å². The molecule has 1 aliphatic rings. The van der Waals surface area contributed by atoms with Crippen LogP contribution in [0.5, 0.6) is 0 Å². The minimum absolute atomic E-state index is 0.753. The molecule has 0 unspecified atom stereocenters. The molecule has 0 saturated heterocycles. The monoisotopic (exact) mass is 231 g/mol. The zero-order valence-corrected chi connectivity index (χ0v) is 11.0. The minimum atomic E-state index is 0.753. The van der Waals surface area contributed by atoms with Gasteiger partial charge in [0, 0.05) is 12.6 Å². The maximum Gasteiger partial charge on any atom is 0.0208 e. The van der Waals surface area contributed by atoms with Gasteiger partial charge in [-0.05, 0) is 30.4 Å². The third-order valence-corrected chi connectivity index (χ3v) is 3.88. The normalized spacial score (nSPS) is 17.9. The lowest BCUT2D eigenvalue weighted by atomic mass is 10.1. The number of hydrogen-bond donors (Lipinski definition) is 1. The van der Waals surface area contributed by atoms with E-state index in [0.29, 0.717) is 0 Å². The molecule has 1 aromatic rings. The van der Waals surface area contributed by atoms with Gasteiger partial charge in [0.15, 0.2) is 0 Å². The van der Waals surface area contributed by atoms with Crippen LogP contribution >= 0.6 is 0 Å². The maximum atomic E-state index is 3.72. The van der Waals surface area contributed by atoms with E-state index in [9.17, 15) is 0 Å². The van der Waals surface area contributed by atoms with Gasteiger partial charge in [0.2, 0.25) is 0 Å². The standard InChI is InChI=1S/C16H25N/c1-2-14-9-11-15(12-10-14)13-17-16-7-5-3-4-6-8-16/h9-12,16-17H,2-8,13H2,1H3. The Balaban J connectivity index is 1.79. The van der Waals surface area contributed by atoms with Gasteiger partial charge >= 0.3 is 0 Å². The van der Waals surface area contributed by atoms with Gasteiger partial charge < -0.3 is 5.32 Å². The van der Waals surface area contributed by atoms with Crippen LogP contribution in [0.4, 0.5) is 0 Å². The van der Waals surface area contributed by atoms with E-state index in [4.69, 9.17) is 0 Å².